The molecule has 2 aliphatic heterocycles. The van der Waals surface area contributed by atoms with Crippen molar-refractivity contribution < 1.29 is 13.9 Å². The molecule has 0 spiro atoms. The van der Waals surface area contributed by atoms with Crippen LogP contribution in [0, 0.1) is 5.82 Å². The number of carbonyl (C=O) groups is 1. The van der Waals surface area contributed by atoms with Gasteiger partial charge in [0.2, 0.25) is 5.95 Å². The molecule has 11 heteroatoms. The molecule has 2 fully saturated rings. The number of ether oxygens (including phenoxy) is 1. The second-order valence-electron chi connectivity index (χ2n) is 10.6. The normalized spacial score (nSPS) is 20.5. The SMILES string of the molecule is C[C@@H]1CN(c2ccc(C(=O)Nc3cc(F)c4nn(C)cc4c3)c3nc(NC4CCOCC4)ncc23)C[C@@H](C)N1. The van der Waals surface area contributed by atoms with Crippen molar-refractivity contribution >= 4 is 45.0 Å². The summed E-state index contributed by atoms with van der Waals surface area (Å²) in [6.45, 7) is 7.38. The van der Waals surface area contributed by atoms with Crippen LogP contribution in [0.1, 0.15) is 37.0 Å². The van der Waals surface area contributed by atoms with Crippen molar-refractivity contribution in [2.75, 3.05) is 41.8 Å². The molecule has 4 heterocycles. The van der Waals surface area contributed by atoms with Crippen molar-refractivity contribution in [3.8, 4) is 0 Å². The van der Waals surface area contributed by atoms with E-state index in [0.717, 1.165) is 37.0 Å². The predicted octanol–water partition coefficient (Wildman–Crippen LogP) is 3.69. The third-order valence-corrected chi connectivity index (χ3v) is 7.36. The summed E-state index contributed by atoms with van der Waals surface area (Å²) in [6.07, 6.45) is 5.26. The molecule has 2 saturated heterocycles. The predicted molar refractivity (Wildman–Crippen MR) is 150 cm³/mol. The van der Waals surface area contributed by atoms with Gasteiger partial charge in [0.1, 0.15) is 5.52 Å². The fourth-order valence-electron chi connectivity index (χ4n) is 5.66. The van der Waals surface area contributed by atoms with Gasteiger partial charge in [0.25, 0.3) is 5.91 Å². The molecular formula is C28H33FN8O2. The number of aromatic nitrogens is 4. The Morgan fingerprint density at radius 2 is 1.90 bits per heavy atom. The van der Waals surface area contributed by atoms with Crippen molar-refractivity contribution in [2.24, 2.45) is 7.05 Å². The molecule has 0 bridgehead atoms. The Bertz CT molecular complexity index is 1520. The van der Waals surface area contributed by atoms with Crippen LogP contribution < -0.4 is 20.9 Å². The molecule has 10 nitrogen and oxygen atoms in total. The quantitative estimate of drug-likeness (QED) is 0.357. The maximum absolute atomic E-state index is 14.7. The number of anilines is 3. The minimum Gasteiger partial charge on any atom is -0.381 e. The number of carbonyl (C=O) groups excluding carboxylic acids is 1. The van der Waals surface area contributed by atoms with Crippen molar-refractivity contribution in [1.82, 2.24) is 25.1 Å². The highest BCUT2D eigenvalue weighted by Crippen LogP contribution is 2.31. The van der Waals surface area contributed by atoms with Crippen molar-refractivity contribution in [3.05, 3.63) is 48.0 Å². The van der Waals surface area contributed by atoms with Gasteiger partial charge in [-0.1, -0.05) is 0 Å². The number of fused-ring (bicyclic) bond motifs is 2. The first-order chi connectivity index (χ1) is 18.8. The maximum Gasteiger partial charge on any atom is 0.257 e. The van der Waals surface area contributed by atoms with Gasteiger partial charge in [-0.15, -0.1) is 0 Å². The summed E-state index contributed by atoms with van der Waals surface area (Å²) in [5.41, 5.74) is 2.56. The van der Waals surface area contributed by atoms with Gasteiger partial charge in [0.05, 0.1) is 11.1 Å². The molecule has 0 aliphatic carbocycles. The van der Waals surface area contributed by atoms with Gasteiger partial charge >= 0.3 is 0 Å². The minimum atomic E-state index is -0.490. The van der Waals surface area contributed by atoms with Crippen molar-refractivity contribution in [3.63, 3.8) is 0 Å². The number of hydrogen-bond donors (Lipinski definition) is 3. The number of halogens is 1. The summed E-state index contributed by atoms with van der Waals surface area (Å²) in [6, 6.07) is 7.62. The van der Waals surface area contributed by atoms with Crippen LogP contribution in [0.4, 0.5) is 21.7 Å². The molecule has 2 aromatic carbocycles. The molecule has 0 unspecified atom stereocenters. The number of benzene rings is 2. The highest BCUT2D eigenvalue weighted by molar-refractivity contribution is 6.14. The van der Waals surface area contributed by atoms with Gasteiger partial charge < -0.3 is 25.6 Å². The van der Waals surface area contributed by atoms with E-state index >= 15 is 0 Å². The summed E-state index contributed by atoms with van der Waals surface area (Å²) in [5, 5.41) is 15.4. The smallest absolute Gasteiger partial charge is 0.257 e. The van der Waals surface area contributed by atoms with E-state index in [0.29, 0.717) is 53.4 Å². The Kier molecular flexibility index (Phi) is 6.78. The molecule has 2 aliphatic rings. The van der Waals surface area contributed by atoms with E-state index in [1.54, 1.807) is 36.3 Å². The number of nitrogens with one attached hydrogen (secondary N) is 3. The molecule has 1 amide bonds. The second kappa shape index (κ2) is 10.4. The lowest BCUT2D eigenvalue weighted by atomic mass is 10.0. The first kappa shape index (κ1) is 25.4. The monoisotopic (exact) mass is 532 g/mol. The Morgan fingerprint density at radius 1 is 1.13 bits per heavy atom. The van der Waals surface area contributed by atoms with E-state index in [9.17, 15) is 9.18 Å². The van der Waals surface area contributed by atoms with Gasteiger partial charge in [-0.2, -0.15) is 5.10 Å². The molecule has 0 saturated carbocycles. The average molecular weight is 533 g/mol. The number of nitrogens with zero attached hydrogens (tertiary/aromatic N) is 5. The summed E-state index contributed by atoms with van der Waals surface area (Å²) in [4.78, 5) is 25.4. The van der Waals surface area contributed by atoms with Gasteiger partial charge in [-0.25, -0.2) is 14.4 Å². The zero-order chi connectivity index (χ0) is 27.1. The van der Waals surface area contributed by atoms with Crippen LogP contribution in [0.3, 0.4) is 0 Å². The topological polar surface area (TPSA) is 109 Å². The van der Waals surface area contributed by atoms with E-state index in [4.69, 9.17) is 9.72 Å². The van der Waals surface area contributed by atoms with Crippen LogP contribution in [0.25, 0.3) is 21.8 Å². The van der Waals surface area contributed by atoms with Crippen LogP contribution in [-0.2, 0) is 11.8 Å². The van der Waals surface area contributed by atoms with Crippen LogP contribution in [-0.4, -0.2) is 70.1 Å². The molecule has 2 aromatic heterocycles. The van der Waals surface area contributed by atoms with E-state index in [1.165, 1.54) is 6.07 Å². The second-order valence-corrected chi connectivity index (χ2v) is 10.6. The van der Waals surface area contributed by atoms with Gasteiger partial charge in [0.15, 0.2) is 5.82 Å². The van der Waals surface area contributed by atoms with Crippen LogP contribution in [0.15, 0.2) is 36.7 Å². The fourth-order valence-corrected chi connectivity index (χ4v) is 5.66. The highest BCUT2D eigenvalue weighted by Gasteiger charge is 2.25. The summed E-state index contributed by atoms with van der Waals surface area (Å²) < 4.78 is 21.7. The third kappa shape index (κ3) is 5.24. The van der Waals surface area contributed by atoms with E-state index in [2.05, 4.69) is 44.8 Å². The van der Waals surface area contributed by atoms with Crippen LogP contribution >= 0.6 is 0 Å². The molecule has 0 radical (unpaired) electrons. The zero-order valence-corrected chi connectivity index (χ0v) is 22.4. The van der Waals surface area contributed by atoms with E-state index in [-0.39, 0.29) is 17.5 Å². The number of rotatable bonds is 5. The molecule has 3 N–H and O–H groups in total. The van der Waals surface area contributed by atoms with Crippen molar-refractivity contribution in [2.45, 2.75) is 44.8 Å². The first-order valence-electron chi connectivity index (χ1n) is 13.4. The highest BCUT2D eigenvalue weighted by atomic mass is 19.1. The number of amides is 1. The lowest BCUT2D eigenvalue weighted by Gasteiger charge is -2.38. The standard InChI is InChI=1S/C28H33FN8O2/c1-16-13-37(14-17(2)31-16)24-5-4-21(26-22(24)12-30-28(34-26)33-19-6-8-39-9-7-19)27(38)32-20-10-18-15-36(3)35-25(18)23(29)11-20/h4-5,10-12,15-17,19,31H,6-9,13-14H2,1-3H3,(H,32,38)(H,30,33,34)/t16-,17-/m1/s1. The summed E-state index contributed by atoms with van der Waals surface area (Å²) >= 11 is 0. The fraction of sp³-hybridized carbons (Fsp3) is 0.429. The molecule has 2 atom stereocenters. The Balaban J connectivity index is 1.38. The minimum absolute atomic E-state index is 0.209. The Hall–Kier alpha value is -3.83. The lowest BCUT2D eigenvalue weighted by Crippen LogP contribution is -2.54. The Morgan fingerprint density at radius 3 is 2.67 bits per heavy atom. The number of piperazine rings is 1. The Labute approximate surface area is 225 Å². The molecular weight excluding hydrogens is 499 g/mol. The molecule has 4 aromatic rings. The third-order valence-electron chi connectivity index (χ3n) is 7.36. The summed E-state index contributed by atoms with van der Waals surface area (Å²) in [5.74, 6) is -0.381. The van der Waals surface area contributed by atoms with Gasteiger partial charge in [0, 0.05) is 86.0 Å². The van der Waals surface area contributed by atoms with E-state index < -0.39 is 5.82 Å². The number of aryl methyl sites for hydroxylation is 1. The average Bonchev–Trinajstić information content (AvgIpc) is 3.28. The van der Waals surface area contributed by atoms with Crippen molar-refractivity contribution in [1.29, 1.82) is 0 Å². The first-order valence-corrected chi connectivity index (χ1v) is 13.4. The van der Waals surface area contributed by atoms with E-state index in [1.807, 2.05) is 6.07 Å². The number of hydrogen-bond acceptors (Lipinski definition) is 8. The van der Waals surface area contributed by atoms with Gasteiger partial charge in [-0.05, 0) is 51.0 Å². The largest absolute Gasteiger partial charge is 0.381 e. The summed E-state index contributed by atoms with van der Waals surface area (Å²) in [7, 11) is 1.73. The zero-order valence-electron chi connectivity index (χ0n) is 22.4. The molecule has 6 rings (SSSR count). The molecule has 204 valence electrons. The van der Waals surface area contributed by atoms with Crippen LogP contribution in [0.2, 0.25) is 0 Å². The van der Waals surface area contributed by atoms with Crippen LogP contribution in [0.5, 0.6) is 0 Å². The molecule has 39 heavy (non-hydrogen) atoms. The van der Waals surface area contributed by atoms with Gasteiger partial charge in [-0.3, -0.25) is 9.48 Å². The lowest BCUT2D eigenvalue weighted by molar-refractivity contribution is 0.0903. The maximum atomic E-state index is 14.7.